The molecule has 22 heavy (non-hydrogen) atoms. The van der Waals surface area contributed by atoms with Gasteiger partial charge >= 0.3 is 5.97 Å². The van der Waals surface area contributed by atoms with Crippen molar-refractivity contribution in [2.75, 3.05) is 18.0 Å². The summed E-state index contributed by atoms with van der Waals surface area (Å²) in [7, 11) is 0. The van der Waals surface area contributed by atoms with Gasteiger partial charge in [-0.05, 0) is 37.5 Å². The SMILES string of the molecule is Cc1cccc(C2CCCN(c3cccc(C(=O)O)n3)C2)c1. The fraction of sp³-hybridized carbons (Fsp3) is 0.333. The van der Waals surface area contributed by atoms with Crippen molar-refractivity contribution < 1.29 is 9.90 Å². The highest BCUT2D eigenvalue weighted by atomic mass is 16.4. The van der Waals surface area contributed by atoms with Gasteiger partial charge in [-0.1, -0.05) is 35.9 Å². The summed E-state index contributed by atoms with van der Waals surface area (Å²) >= 11 is 0. The van der Waals surface area contributed by atoms with Crippen LogP contribution in [-0.2, 0) is 0 Å². The Bertz CT molecular complexity index is 684. The summed E-state index contributed by atoms with van der Waals surface area (Å²) < 4.78 is 0. The van der Waals surface area contributed by atoms with Gasteiger partial charge in [-0.2, -0.15) is 0 Å². The molecule has 4 heteroatoms. The van der Waals surface area contributed by atoms with Gasteiger partial charge < -0.3 is 10.0 Å². The zero-order valence-electron chi connectivity index (χ0n) is 12.7. The summed E-state index contributed by atoms with van der Waals surface area (Å²) in [6.45, 7) is 3.93. The van der Waals surface area contributed by atoms with E-state index in [0.717, 1.165) is 25.3 Å². The predicted molar refractivity (Wildman–Crippen MR) is 86.6 cm³/mol. The van der Waals surface area contributed by atoms with Gasteiger partial charge in [0.1, 0.15) is 5.82 Å². The quantitative estimate of drug-likeness (QED) is 0.942. The van der Waals surface area contributed by atoms with E-state index in [1.165, 1.54) is 23.6 Å². The van der Waals surface area contributed by atoms with Crippen LogP contribution in [0.2, 0.25) is 0 Å². The largest absolute Gasteiger partial charge is 0.477 e. The standard InChI is InChI=1S/C18H20N2O2/c1-13-5-2-6-14(11-13)15-7-4-10-20(12-15)17-9-3-8-16(19-17)18(21)22/h2-3,5-6,8-9,11,15H,4,7,10,12H2,1H3,(H,21,22). The maximum Gasteiger partial charge on any atom is 0.354 e. The molecule has 0 amide bonds. The number of rotatable bonds is 3. The Morgan fingerprint density at radius 3 is 2.86 bits per heavy atom. The second kappa shape index (κ2) is 6.18. The number of hydrogen-bond donors (Lipinski definition) is 1. The number of aromatic carboxylic acids is 1. The summed E-state index contributed by atoms with van der Waals surface area (Å²) in [4.78, 5) is 17.5. The number of carbonyl (C=O) groups is 1. The zero-order chi connectivity index (χ0) is 15.5. The summed E-state index contributed by atoms with van der Waals surface area (Å²) in [5.74, 6) is 0.260. The van der Waals surface area contributed by atoms with Crippen molar-refractivity contribution in [2.24, 2.45) is 0 Å². The normalized spacial score (nSPS) is 18.2. The van der Waals surface area contributed by atoms with E-state index in [1.807, 2.05) is 6.07 Å². The Kier molecular flexibility index (Phi) is 4.09. The van der Waals surface area contributed by atoms with Crippen LogP contribution < -0.4 is 4.90 Å². The monoisotopic (exact) mass is 296 g/mol. The third-order valence-corrected chi connectivity index (χ3v) is 4.21. The summed E-state index contributed by atoms with van der Waals surface area (Å²) in [6.07, 6.45) is 2.26. The molecule has 3 rings (SSSR count). The molecule has 0 saturated carbocycles. The van der Waals surface area contributed by atoms with Crippen LogP contribution in [0.15, 0.2) is 42.5 Å². The van der Waals surface area contributed by atoms with Crippen molar-refractivity contribution in [3.05, 3.63) is 59.3 Å². The van der Waals surface area contributed by atoms with E-state index in [4.69, 9.17) is 5.11 Å². The molecule has 0 spiro atoms. The second-order valence-electron chi connectivity index (χ2n) is 5.89. The van der Waals surface area contributed by atoms with Crippen molar-refractivity contribution in [3.63, 3.8) is 0 Å². The lowest BCUT2D eigenvalue weighted by molar-refractivity contribution is 0.0690. The molecule has 1 aliphatic heterocycles. The third-order valence-electron chi connectivity index (χ3n) is 4.21. The molecule has 2 heterocycles. The number of aryl methyl sites for hydroxylation is 1. The van der Waals surface area contributed by atoms with Crippen molar-refractivity contribution in [3.8, 4) is 0 Å². The Balaban J connectivity index is 1.81. The molecule has 4 nitrogen and oxygen atoms in total. The van der Waals surface area contributed by atoms with Crippen molar-refractivity contribution in [2.45, 2.75) is 25.7 Å². The molecule has 1 fully saturated rings. The number of pyridine rings is 1. The molecular weight excluding hydrogens is 276 g/mol. The van der Waals surface area contributed by atoms with Crippen molar-refractivity contribution in [1.82, 2.24) is 4.98 Å². The van der Waals surface area contributed by atoms with E-state index < -0.39 is 5.97 Å². The average molecular weight is 296 g/mol. The number of piperidine rings is 1. The molecule has 1 aromatic heterocycles. The number of benzene rings is 1. The number of anilines is 1. The lowest BCUT2D eigenvalue weighted by Crippen LogP contribution is -2.35. The molecule has 1 saturated heterocycles. The molecule has 0 aliphatic carbocycles. The van der Waals surface area contributed by atoms with E-state index in [0.29, 0.717) is 5.92 Å². The topological polar surface area (TPSA) is 53.4 Å². The van der Waals surface area contributed by atoms with Gasteiger partial charge in [0.2, 0.25) is 0 Å². The first-order valence-electron chi connectivity index (χ1n) is 7.65. The molecule has 1 unspecified atom stereocenters. The van der Waals surface area contributed by atoms with Gasteiger partial charge in [0.05, 0.1) is 0 Å². The Morgan fingerprint density at radius 2 is 2.09 bits per heavy atom. The first-order chi connectivity index (χ1) is 10.6. The maximum atomic E-state index is 11.1. The Morgan fingerprint density at radius 1 is 1.27 bits per heavy atom. The summed E-state index contributed by atoms with van der Waals surface area (Å²) in [5.41, 5.74) is 2.75. The minimum absolute atomic E-state index is 0.107. The van der Waals surface area contributed by atoms with Gasteiger partial charge in [0, 0.05) is 19.0 Å². The van der Waals surface area contributed by atoms with E-state index >= 15 is 0 Å². The number of carboxylic acid groups (broad SMARTS) is 1. The second-order valence-corrected chi connectivity index (χ2v) is 5.89. The first kappa shape index (κ1) is 14.6. The van der Waals surface area contributed by atoms with Crippen LogP contribution in [0.25, 0.3) is 0 Å². The van der Waals surface area contributed by atoms with Gasteiger partial charge in [-0.25, -0.2) is 9.78 Å². The lowest BCUT2D eigenvalue weighted by atomic mass is 9.90. The van der Waals surface area contributed by atoms with Crippen LogP contribution in [0.1, 0.15) is 40.4 Å². The van der Waals surface area contributed by atoms with Crippen LogP contribution in [0.4, 0.5) is 5.82 Å². The highest BCUT2D eigenvalue weighted by molar-refractivity contribution is 5.85. The van der Waals surface area contributed by atoms with E-state index in [9.17, 15) is 4.79 Å². The van der Waals surface area contributed by atoms with Gasteiger partial charge in [0.15, 0.2) is 5.69 Å². The fourth-order valence-electron chi connectivity index (χ4n) is 3.10. The average Bonchev–Trinajstić information content (AvgIpc) is 2.55. The zero-order valence-corrected chi connectivity index (χ0v) is 12.7. The highest BCUT2D eigenvalue weighted by Crippen LogP contribution is 2.29. The molecule has 0 bridgehead atoms. The minimum Gasteiger partial charge on any atom is -0.477 e. The van der Waals surface area contributed by atoms with Crippen LogP contribution >= 0.6 is 0 Å². The van der Waals surface area contributed by atoms with Crippen LogP contribution in [-0.4, -0.2) is 29.1 Å². The Labute approximate surface area is 130 Å². The molecule has 1 aliphatic rings. The third kappa shape index (κ3) is 3.11. The van der Waals surface area contributed by atoms with Gasteiger partial charge in [0.25, 0.3) is 0 Å². The van der Waals surface area contributed by atoms with Crippen LogP contribution in [0.5, 0.6) is 0 Å². The summed E-state index contributed by atoms with van der Waals surface area (Å²) in [5, 5.41) is 9.09. The highest BCUT2D eigenvalue weighted by Gasteiger charge is 2.22. The lowest BCUT2D eigenvalue weighted by Gasteiger charge is -2.34. The smallest absolute Gasteiger partial charge is 0.354 e. The molecule has 0 radical (unpaired) electrons. The molecule has 2 aromatic rings. The number of aromatic nitrogens is 1. The molecule has 1 N–H and O–H groups in total. The Hall–Kier alpha value is -2.36. The van der Waals surface area contributed by atoms with Crippen molar-refractivity contribution in [1.29, 1.82) is 0 Å². The van der Waals surface area contributed by atoms with Crippen LogP contribution in [0.3, 0.4) is 0 Å². The predicted octanol–water partition coefficient (Wildman–Crippen LogP) is 3.47. The minimum atomic E-state index is -0.978. The number of hydrogen-bond acceptors (Lipinski definition) is 3. The molecular formula is C18H20N2O2. The van der Waals surface area contributed by atoms with Crippen molar-refractivity contribution >= 4 is 11.8 Å². The van der Waals surface area contributed by atoms with E-state index in [-0.39, 0.29) is 5.69 Å². The first-order valence-corrected chi connectivity index (χ1v) is 7.65. The van der Waals surface area contributed by atoms with Gasteiger partial charge in [-0.3, -0.25) is 0 Å². The van der Waals surface area contributed by atoms with E-state index in [1.54, 1.807) is 6.07 Å². The molecule has 1 atom stereocenters. The molecule has 1 aromatic carbocycles. The van der Waals surface area contributed by atoms with Crippen LogP contribution in [0, 0.1) is 6.92 Å². The van der Waals surface area contributed by atoms with E-state index in [2.05, 4.69) is 41.1 Å². The summed E-state index contributed by atoms with van der Waals surface area (Å²) in [6, 6.07) is 13.8. The van der Waals surface area contributed by atoms with Gasteiger partial charge in [-0.15, -0.1) is 0 Å². The fourth-order valence-corrected chi connectivity index (χ4v) is 3.10. The number of carboxylic acids is 1. The molecule has 114 valence electrons. The number of nitrogens with zero attached hydrogens (tertiary/aromatic N) is 2. The maximum absolute atomic E-state index is 11.1.